The highest BCUT2D eigenvalue weighted by Gasteiger charge is 2.31. The monoisotopic (exact) mass is 375 g/mol. The molecule has 1 amide bonds. The molecule has 0 saturated carbocycles. The molecule has 28 heavy (non-hydrogen) atoms. The van der Waals surface area contributed by atoms with Crippen molar-refractivity contribution in [3.8, 4) is 0 Å². The first-order chi connectivity index (χ1) is 13.7. The van der Waals surface area contributed by atoms with Crippen LogP contribution in [0.4, 0.5) is 0 Å². The summed E-state index contributed by atoms with van der Waals surface area (Å²) in [5.74, 6) is 0.523. The van der Waals surface area contributed by atoms with Gasteiger partial charge in [0.15, 0.2) is 0 Å². The van der Waals surface area contributed by atoms with Crippen LogP contribution in [0.5, 0.6) is 0 Å². The van der Waals surface area contributed by atoms with E-state index in [0.29, 0.717) is 5.91 Å². The van der Waals surface area contributed by atoms with Gasteiger partial charge in [-0.1, -0.05) is 48.5 Å². The first-order valence-electron chi connectivity index (χ1n) is 10.7. The minimum Gasteiger partial charge on any atom is -0.343 e. The molecule has 1 N–H and O–H groups in total. The molecule has 2 atom stereocenters. The molecule has 3 nitrogen and oxygen atoms in total. The molecule has 3 aromatic carbocycles. The maximum absolute atomic E-state index is 12.9. The number of benzene rings is 3. The Labute approximate surface area is 167 Å². The van der Waals surface area contributed by atoms with E-state index in [2.05, 4.69) is 68.4 Å². The number of quaternary nitrogens is 1. The van der Waals surface area contributed by atoms with Gasteiger partial charge in [-0.15, -0.1) is 0 Å². The molecular weight excluding hydrogens is 344 g/mol. The highest BCUT2D eigenvalue weighted by molar-refractivity contribution is 6.02. The molecule has 0 spiro atoms. The van der Waals surface area contributed by atoms with Crippen molar-refractivity contribution in [3.05, 3.63) is 60.2 Å². The molecule has 1 unspecified atom stereocenters. The minimum atomic E-state index is 0.171. The van der Waals surface area contributed by atoms with E-state index in [1.807, 2.05) is 4.90 Å². The summed E-state index contributed by atoms with van der Waals surface area (Å²) in [5.41, 5.74) is 1.43. The average Bonchev–Trinajstić information content (AvgIpc) is 2.74. The summed E-state index contributed by atoms with van der Waals surface area (Å²) in [4.78, 5) is 16.4. The standard InChI is InChI=1S/C25H30N2O/c1-3-27(4-2)25(28)21-12-9-15-26(17-21)18-24-22-13-7-5-10-19(22)16-20-11-6-8-14-23(20)24/h5-8,10-11,13-14,16,21H,3-4,9,12,15,17-18H2,1-2H3/p+1/t21-/m0/s1. The van der Waals surface area contributed by atoms with Crippen LogP contribution >= 0.6 is 0 Å². The van der Waals surface area contributed by atoms with Crippen molar-refractivity contribution >= 4 is 27.5 Å². The number of nitrogens with one attached hydrogen (secondary N) is 1. The molecule has 1 aliphatic rings. The third-order valence-corrected chi connectivity index (χ3v) is 6.35. The third-order valence-electron chi connectivity index (χ3n) is 6.35. The lowest BCUT2D eigenvalue weighted by atomic mass is 9.93. The van der Waals surface area contributed by atoms with Crippen LogP contribution < -0.4 is 4.90 Å². The van der Waals surface area contributed by atoms with Gasteiger partial charge in [0.1, 0.15) is 6.54 Å². The van der Waals surface area contributed by atoms with E-state index in [4.69, 9.17) is 0 Å². The van der Waals surface area contributed by atoms with Crippen molar-refractivity contribution in [2.45, 2.75) is 33.2 Å². The van der Waals surface area contributed by atoms with Crippen LogP contribution in [0.3, 0.4) is 0 Å². The van der Waals surface area contributed by atoms with E-state index in [0.717, 1.165) is 45.6 Å². The Morgan fingerprint density at radius 1 is 1.00 bits per heavy atom. The lowest BCUT2D eigenvalue weighted by Gasteiger charge is -2.32. The van der Waals surface area contributed by atoms with E-state index in [-0.39, 0.29) is 5.92 Å². The molecule has 4 rings (SSSR count). The zero-order chi connectivity index (χ0) is 19.5. The molecule has 1 saturated heterocycles. The fourth-order valence-corrected chi connectivity index (χ4v) is 4.86. The van der Waals surface area contributed by atoms with Crippen LogP contribution in [0.1, 0.15) is 32.3 Å². The number of rotatable bonds is 5. The maximum Gasteiger partial charge on any atom is 0.231 e. The summed E-state index contributed by atoms with van der Waals surface area (Å²) in [5, 5.41) is 5.32. The fourth-order valence-electron chi connectivity index (χ4n) is 4.86. The largest absolute Gasteiger partial charge is 0.343 e. The zero-order valence-electron chi connectivity index (χ0n) is 17.1. The van der Waals surface area contributed by atoms with Crippen LogP contribution in [-0.4, -0.2) is 37.0 Å². The summed E-state index contributed by atoms with van der Waals surface area (Å²) >= 11 is 0. The van der Waals surface area contributed by atoms with Gasteiger partial charge >= 0.3 is 0 Å². The van der Waals surface area contributed by atoms with Gasteiger partial charge in [-0.05, 0) is 54.3 Å². The fraction of sp³-hybridized carbons (Fsp3) is 0.400. The Balaban J connectivity index is 1.64. The lowest BCUT2D eigenvalue weighted by molar-refractivity contribution is -0.920. The first kappa shape index (κ1) is 18.9. The molecule has 0 aromatic heterocycles. The van der Waals surface area contributed by atoms with Gasteiger partial charge in [-0.3, -0.25) is 4.79 Å². The predicted octanol–water partition coefficient (Wildman–Crippen LogP) is 3.66. The number of hydrogen-bond acceptors (Lipinski definition) is 1. The summed E-state index contributed by atoms with van der Waals surface area (Å²) in [6, 6.07) is 19.7. The van der Waals surface area contributed by atoms with Gasteiger partial charge in [0.2, 0.25) is 5.91 Å². The number of nitrogens with zero attached hydrogens (tertiary/aromatic N) is 1. The van der Waals surface area contributed by atoms with Gasteiger partial charge in [-0.2, -0.15) is 0 Å². The number of amides is 1. The molecule has 0 radical (unpaired) electrons. The summed E-state index contributed by atoms with van der Waals surface area (Å²) in [7, 11) is 0. The minimum absolute atomic E-state index is 0.171. The summed E-state index contributed by atoms with van der Waals surface area (Å²) < 4.78 is 0. The number of hydrogen-bond donors (Lipinski definition) is 1. The average molecular weight is 376 g/mol. The lowest BCUT2D eigenvalue weighted by Crippen LogP contribution is -3.12. The van der Waals surface area contributed by atoms with Crippen LogP contribution in [-0.2, 0) is 11.3 Å². The van der Waals surface area contributed by atoms with E-state index in [1.54, 1.807) is 4.90 Å². The van der Waals surface area contributed by atoms with Crippen molar-refractivity contribution in [2.24, 2.45) is 5.92 Å². The Kier molecular flexibility index (Phi) is 5.63. The van der Waals surface area contributed by atoms with Crippen molar-refractivity contribution in [1.82, 2.24) is 4.90 Å². The van der Waals surface area contributed by atoms with E-state index < -0.39 is 0 Å². The Hall–Kier alpha value is -2.39. The Morgan fingerprint density at radius 3 is 2.21 bits per heavy atom. The zero-order valence-corrected chi connectivity index (χ0v) is 17.1. The Bertz CT molecular complexity index is 923. The SMILES string of the molecule is CCN(CC)C(=O)[C@H]1CCC[NH+](Cc2c3ccccc3cc3ccccc23)C1. The highest BCUT2D eigenvalue weighted by Crippen LogP contribution is 2.28. The van der Waals surface area contributed by atoms with E-state index in [1.165, 1.54) is 27.1 Å². The van der Waals surface area contributed by atoms with Crippen molar-refractivity contribution in [2.75, 3.05) is 26.2 Å². The smallest absolute Gasteiger partial charge is 0.231 e. The van der Waals surface area contributed by atoms with Crippen molar-refractivity contribution in [1.29, 1.82) is 0 Å². The number of carbonyl (C=O) groups is 1. The number of piperidine rings is 1. The maximum atomic E-state index is 12.9. The van der Waals surface area contributed by atoms with Crippen LogP contribution in [0.2, 0.25) is 0 Å². The van der Waals surface area contributed by atoms with E-state index >= 15 is 0 Å². The number of carbonyl (C=O) groups excluding carboxylic acids is 1. The van der Waals surface area contributed by atoms with Crippen LogP contribution in [0, 0.1) is 5.92 Å². The third kappa shape index (κ3) is 3.64. The number of likely N-dealkylation sites (tertiary alicyclic amines) is 1. The molecule has 1 fully saturated rings. The van der Waals surface area contributed by atoms with Gasteiger partial charge in [0, 0.05) is 18.7 Å². The second-order valence-electron chi connectivity index (χ2n) is 8.03. The molecule has 3 aromatic rings. The second kappa shape index (κ2) is 8.32. The molecule has 1 aliphatic heterocycles. The molecule has 0 aliphatic carbocycles. The normalized spacial score (nSPS) is 19.8. The summed E-state index contributed by atoms with van der Waals surface area (Å²) in [6.07, 6.45) is 2.17. The topological polar surface area (TPSA) is 24.8 Å². The Morgan fingerprint density at radius 2 is 1.61 bits per heavy atom. The van der Waals surface area contributed by atoms with Crippen LogP contribution in [0.15, 0.2) is 54.6 Å². The van der Waals surface area contributed by atoms with E-state index in [9.17, 15) is 4.79 Å². The van der Waals surface area contributed by atoms with Gasteiger partial charge < -0.3 is 9.80 Å². The molecule has 146 valence electrons. The predicted molar refractivity (Wildman–Crippen MR) is 117 cm³/mol. The van der Waals surface area contributed by atoms with Crippen LogP contribution in [0.25, 0.3) is 21.5 Å². The second-order valence-corrected chi connectivity index (χ2v) is 8.03. The quantitative estimate of drug-likeness (QED) is 0.677. The first-order valence-corrected chi connectivity index (χ1v) is 10.7. The molecule has 3 heteroatoms. The highest BCUT2D eigenvalue weighted by atomic mass is 16.2. The van der Waals surface area contributed by atoms with Crippen molar-refractivity contribution < 1.29 is 9.69 Å². The molecular formula is C25H31N2O+. The number of fused-ring (bicyclic) bond motifs is 2. The summed E-state index contributed by atoms with van der Waals surface area (Å²) in [6.45, 7) is 8.88. The van der Waals surface area contributed by atoms with Gasteiger partial charge in [0.05, 0.1) is 19.0 Å². The molecule has 1 heterocycles. The van der Waals surface area contributed by atoms with Gasteiger partial charge in [0.25, 0.3) is 0 Å². The molecule has 0 bridgehead atoms. The van der Waals surface area contributed by atoms with Gasteiger partial charge in [-0.25, -0.2) is 0 Å². The van der Waals surface area contributed by atoms with Crippen molar-refractivity contribution in [3.63, 3.8) is 0 Å².